The number of hydrogen-bond donors (Lipinski definition) is 1. The van der Waals surface area contributed by atoms with Crippen molar-refractivity contribution in [2.45, 2.75) is 25.7 Å². The SMILES string of the molecule is COc1cccc(C(C)CC(=O)N2CCCNCC2)c1. The second-order valence-corrected chi connectivity index (χ2v) is 5.37. The first-order valence-electron chi connectivity index (χ1n) is 7.33. The fraction of sp³-hybridized carbons (Fsp3) is 0.562. The largest absolute Gasteiger partial charge is 0.497 e. The molecule has 4 heteroatoms. The van der Waals surface area contributed by atoms with Crippen molar-refractivity contribution >= 4 is 5.91 Å². The highest BCUT2D eigenvalue weighted by molar-refractivity contribution is 5.77. The Hall–Kier alpha value is -1.55. The van der Waals surface area contributed by atoms with Crippen LogP contribution < -0.4 is 10.1 Å². The summed E-state index contributed by atoms with van der Waals surface area (Å²) in [5, 5.41) is 3.32. The number of nitrogens with zero attached hydrogens (tertiary/aromatic N) is 1. The molecular weight excluding hydrogens is 252 g/mol. The van der Waals surface area contributed by atoms with E-state index >= 15 is 0 Å². The molecule has 110 valence electrons. The van der Waals surface area contributed by atoms with Crippen molar-refractivity contribution in [3.8, 4) is 5.75 Å². The van der Waals surface area contributed by atoms with E-state index in [0.717, 1.165) is 43.9 Å². The van der Waals surface area contributed by atoms with Gasteiger partial charge >= 0.3 is 0 Å². The zero-order chi connectivity index (χ0) is 14.4. The van der Waals surface area contributed by atoms with E-state index in [1.807, 2.05) is 23.1 Å². The zero-order valence-corrected chi connectivity index (χ0v) is 12.4. The topological polar surface area (TPSA) is 41.6 Å². The van der Waals surface area contributed by atoms with E-state index in [4.69, 9.17) is 4.74 Å². The van der Waals surface area contributed by atoms with E-state index in [9.17, 15) is 4.79 Å². The summed E-state index contributed by atoms with van der Waals surface area (Å²) in [4.78, 5) is 14.3. The monoisotopic (exact) mass is 276 g/mol. The highest BCUT2D eigenvalue weighted by atomic mass is 16.5. The first kappa shape index (κ1) is 14.9. The lowest BCUT2D eigenvalue weighted by Crippen LogP contribution is -2.34. The molecule has 0 spiro atoms. The molecule has 1 aromatic carbocycles. The molecule has 1 atom stereocenters. The lowest BCUT2D eigenvalue weighted by Gasteiger charge is -2.22. The fourth-order valence-electron chi connectivity index (χ4n) is 2.55. The third kappa shape index (κ3) is 3.97. The van der Waals surface area contributed by atoms with Crippen LogP contribution in [0.4, 0.5) is 0 Å². The van der Waals surface area contributed by atoms with Crippen LogP contribution >= 0.6 is 0 Å². The average molecular weight is 276 g/mol. The van der Waals surface area contributed by atoms with E-state index < -0.39 is 0 Å². The highest BCUT2D eigenvalue weighted by Crippen LogP contribution is 2.23. The number of methoxy groups -OCH3 is 1. The number of ether oxygens (including phenoxy) is 1. The zero-order valence-electron chi connectivity index (χ0n) is 12.4. The maximum Gasteiger partial charge on any atom is 0.223 e. The predicted octanol–water partition coefficient (Wildman–Crippen LogP) is 2.01. The van der Waals surface area contributed by atoms with Crippen LogP contribution in [0.2, 0.25) is 0 Å². The average Bonchev–Trinajstić information content (AvgIpc) is 2.76. The summed E-state index contributed by atoms with van der Waals surface area (Å²) < 4.78 is 5.24. The van der Waals surface area contributed by atoms with Crippen molar-refractivity contribution in [1.82, 2.24) is 10.2 Å². The molecule has 1 aliphatic rings. The number of carbonyl (C=O) groups is 1. The predicted molar refractivity (Wildman–Crippen MR) is 80.1 cm³/mol. The van der Waals surface area contributed by atoms with Crippen molar-refractivity contribution in [2.24, 2.45) is 0 Å². The quantitative estimate of drug-likeness (QED) is 0.914. The van der Waals surface area contributed by atoms with Gasteiger partial charge in [0, 0.05) is 26.1 Å². The van der Waals surface area contributed by atoms with E-state index in [1.165, 1.54) is 0 Å². The summed E-state index contributed by atoms with van der Waals surface area (Å²) in [6.07, 6.45) is 1.60. The molecular formula is C16H24N2O2. The second-order valence-electron chi connectivity index (χ2n) is 5.37. The molecule has 0 aliphatic carbocycles. The van der Waals surface area contributed by atoms with Crippen molar-refractivity contribution in [3.63, 3.8) is 0 Å². The molecule has 1 amide bonds. The van der Waals surface area contributed by atoms with Crippen LogP contribution in [0.15, 0.2) is 24.3 Å². The summed E-state index contributed by atoms with van der Waals surface area (Å²) in [5.41, 5.74) is 1.16. The number of nitrogens with one attached hydrogen (secondary N) is 1. The van der Waals surface area contributed by atoms with Crippen LogP contribution in [-0.2, 0) is 4.79 Å². The van der Waals surface area contributed by atoms with Gasteiger partial charge in [-0.05, 0) is 36.6 Å². The van der Waals surface area contributed by atoms with Gasteiger partial charge in [-0.15, -0.1) is 0 Å². The number of carbonyl (C=O) groups excluding carboxylic acids is 1. The van der Waals surface area contributed by atoms with E-state index in [0.29, 0.717) is 6.42 Å². The molecule has 1 N–H and O–H groups in total. The maximum absolute atomic E-state index is 12.4. The van der Waals surface area contributed by atoms with Gasteiger partial charge in [0.25, 0.3) is 0 Å². The Morgan fingerprint density at radius 3 is 3.05 bits per heavy atom. The van der Waals surface area contributed by atoms with Gasteiger partial charge in [0.05, 0.1) is 7.11 Å². The fourth-order valence-corrected chi connectivity index (χ4v) is 2.55. The van der Waals surface area contributed by atoms with E-state index in [-0.39, 0.29) is 11.8 Å². The van der Waals surface area contributed by atoms with Crippen LogP contribution in [-0.4, -0.2) is 44.1 Å². The standard InChI is InChI=1S/C16H24N2O2/c1-13(14-5-3-6-15(12-14)20-2)11-16(19)18-9-4-7-17-8-10-18/h3,5-6,12-13,17H,4,7-11H2,1-2H3. The summed E-state index contributed by atoms with van der Waals surface area (Å²) >= 11 is 0. The van der Waals surface area contributed by atoms with Gasteiger partial charge in [0.1, 0.15) is 5.75 Å². The molecule has 1 heterocycles. The van der Waals surface area contributed by atoms with E-state index in [2.05, 4.69) is 18.3 Å². The van der Waals surface area contributed by atoms with E-state index in [1.54, 1.807) is 7.11 Å². The number of benzene rings is 1. The molecule has 0 saturated carbocycles. The van der Waals surface area contributed by atoms with Crippen molar-refractivity contribution in [1.29, 1.82) is 0 Å². The van der Waals surface area contributed by atoms with Crippen molar-refractivity contribution < 1.29 is 9.53 Å². The summed E-state index contributed by atoms with van der Waals surface area (Å²) in [5.74, 6) is 1.32. The van der Waals surface area contributed by atoms with Gasteiger partial charge in [-0.1, -0.05) is 19.1 Å². The first-order valence-corrected chi connectivity index (χ1v) is 7.33. The molecule has 1 aromatic rings. The Kier molecular flexibility index (Phi) is 5.41. The van der Waals surface area contributed by atoms with Crippen LogP contribution in [0.25, 0.3) is 0 Å². The first-order chi connectivity index (χ1) is 9.70. The van der Waals surface area contributed by atoms with Gasteiger partial charge in [-0.25, -0.2) is 0 Å². The second kappa shape index (κ2) is 7.29. The summed E-state index contributed by atoms with van der Waals surface area (Å²) in [7, 11) is 1.67. The third-order valence-corrected chi connectivity index (χ3v) is 3.84. The number of rotatable bonds is 4. The lowest BCUT2D eigenvalue weighted by atomic mass is 9.97. The molecule has 1 unspecified atom stereocenters. The molecule has 0 bridgehead atoms. The van der Waals surface area contributed by atoms with Crippen LogP contribution in [0.5, 0.6) is 5.75 Å². The maximum atomic E-state index is 12.4. The van der Waals surface area contributed by atoms with Crippen LogP contribution in [0.3, 0.4) is 0 Å². The molecule has 0 aromatic heterocycles. The Morgan fingerprint density at radius 2 is 2.25 bits per heavy atom. The van der Waals surface area contributed by atoms with Crippen LogP contribution in [0, 0.1) is 0 Å². The smallest absolute Gasteiger partial charge is 0.223 e. The van der Waals surface area contributed by atoms with Crippen LogP contribution in [0.1, 0.15) is 31.2 Å². The Morgan fingerprint density at radius 1 is 1.40 bits per heavy atom. The van der Waals surface area contributed by atoms with Gasteiger partial charge in [-0.3, -0.25) is 4.79 Å². The molecule has 0 radical (unpaired) electrons. The molecule has 20 heavy (non-hydrogen) atoms. The molecule has 1 fully saturated rings. The molecule has 1 aliphatic heterocycles. The normalized spacial score (nSPS) is 17.4. The molecule has 4 nitrogen and oxygen atoms in total. The van der Waals surface area contributed by atoms with Gasteiger partial charge in [-0.2, -0.15) is 0 Å². The number of hydrogen-bond acceptors (Lipinski definition) is 3. The Labute approximate surface area is 121 Å². The Balaban J connectivity index is 1.95. The van der Waals surface area contributed by atoms with Crippen molar-refractivity contribution in [2.75, 3.05) is 33.3 Å². The van der Waals surface area contributed by atoms with Gasteiger partial charge in [0.15, 0.2) is 0 Å². The minimum Gasteiger partial charge on any atom is -0.497 e. The minimum absolute atomic E-state index is 0.216. The highest BCUT2D eigenvalue weighted by Gasteiger charge is 2.18. The minimum atomic E-state index is 0.216. The summed E-state index contributed by atoms with van der Waals surface area (Å²) in [6.45, 7) is 5.71. The lowest BCUT2D eigenvalue weighted by molar-refractivity contribution is -0.131. The number of amides is 1. The van der Waals surface area contributed by atoms with Gasteiger partial charge < -0.3 is 15.0 Å². The van der Waals surface area contributed by atoms with Gasteiger partial charge in [0.2, 0.25) is 5.91 Å². The van der Waals surface area contributed by atoms with Crippen molar-refractivity contribution in [3.05, 3.63) is 29.8 Å². The molecule has 1 saturated heterocycles. The molecule has 2 rings (SSSR count). The third-order valence-electron chi connectivity index (χ3n) is 3.84. The summed E-state index contributed by atoms with van der Waals surface area (Å²) in [6, 6.07) is 7.98. The Bertz CT molecular complexity index is 440.